The van der Waals surface area contributed by atoms with Crippen LogP contribution in [0.15, 0.2) is 18.2 Å². The molecule has 1 N–H and O–H groups in total. The van der Waals surface area contributed by atoms with Crippen molar-refractivity contribution < 1.29 is 13.3 Å². The van der Waals surface area contributed by atoms with Crippen LogP contribution in [-0.4, -0.2) is 30.9 Å². The van der Waals surface area contributed by atoms with Crippen LogP contribution in [0.1, 0.15) is 19.4 Å². The van der Waals surface area contributed by atoms with Gasteiger partial charge in [-0.1, -0.05) is 0 Å². The van der Waals surface area contributed by atoms with Crippen molar-refractivity contribution in [1.82, 2.24) is 0 Å². The van der Waals surface area contributed by atoms with Gasteiger partial charge in [0.15, 0.2) is 9.84 Å². The molecular weight excluding hydrogens is 268 g/mol. The van der Waals surface area contributed by atoms with E-state index in [-0.39, 0.29) is 12.2 Å². The van der Waals surface area contributed by atoms with Gasteiger partial charge in [0.25, 0.3) is 5.69 Å². The van der Waals surface area contributed by atoms with E-state index in [0.29, 0.717) is 11.3 Å². The molecule has 0 radical (unpaired) electrons. The number of benzene rings is 1. The molecule has 0 saturated carbocycles. The van der Waals surface area contributed by atoms with Crippen LogP contribution in [-0.2, 0) is 9.84 Å². The molecule has 106 valence electrons. The van der Waals surface area contributed by atoms with E-state index in [1.165, 1.54) is 12.3 Å². The number of aryl methyl sites for hydroxylation is 1. The van der Waals surface area contributed by atoms with Gasteiger partial charge in [-0.2, -0.15) is 0 Å². The van der Waals surface area contributed by atoms with Crippen molar-refractivity contribution in [3.63, 3.8) is 0 Å². The van der Waals surface area contributed by atoms with Crippen LogP contribution in [0, 0.1) is 17.0 Å². The average Bonchev–Trinajstić information content (AvgIpc) is 2.24. The van der Waals surface area contributed by atoms with E-state index in [1.807, 2.05) is 0 Å². The number of hydrogen-bond acceptors (Lipinski definition) is 5. The van der Waals surface area contributed by atoms with Gasteiger partial charge >= 0.3 is 0 Å². The van der Waals surface area contributed by atoms with E-state index in [4.69, 9.17) is 0 Å². The smallest absolute Gasteiger partial charge is 0.272 e. The Balaban J connectivity index is 2.86. The third kappa shape index (κ3) is 3.66. The summed E-state index contributed by atoms with van der Waals surface area (Å²) in [5, 5.41) is 13.7. The number of anilines is 1. The zero-order valence-electron chi connectivity index (χ0n) is 11.4. The highest BCUT2D eigenvalue weighted by Gasteiger charge is 2.29. The lowest BCUT2D eigenvalue weighted by Gasteiger charge is -2.23. The van der Waals surface area contributed by atoms with Gasteiger partial charge < -0.3 is 5.32 Å². The molecule has 0 amide bonds. The van der Waals surface area contributed by atoms with Gasteiger partial charge in [0.1, 0.15) is 0 Å². The molecule has 0 unspecified atom stereocenters. The standard InChI is InChI=1S/C12H18N2O4S/c1-9-7-10(5-6-11(9)14(15)16)13-8-12(2,3)19(4,17)18/h5-7,13H,8H2,1-4H3. The van der Waals surface area contributed by atoms with Crippen molar-refractivity contribution >= 4 is 21.2 Å². The molecule has 0 aliphatic rings. The molecule has 19 heavy (non-hydrogen) atoms. The third-order valence-electron chi connectivity index (χ3n) is 3.12. The fraction of sp³-hybridized carbons (Fsp3) is 0.500. The summed E-state index contributed by atoms with van der Waals surface area (Å²) in [7, 11) is -3.17. The number of hydrogen-bond donors (Lipinski definition) is 1. The van der Waals surface area contributed by atoms with E-state index in [0.717, 1.165) is 0 Å². The second-order valence-corrected chi connectivity index (χ2v) is 7.79. The Kier molecular flexibility index (Phi) is 4.19. The Morgan fingerprint density at radius 3 is 2.37 bits per heavy atom. The first kappa shape index (κ1) is 15.4. The van der Waals surface area contributed by atoms with Gasteiger partial charge in [-0.25, -0.2) is 8.42 Å². The lowest BCUT2D eigenvalue weighted by atomic mass is 10.1. The van der Waals surface area contributed by atoms with Crippen molar-refractivity contribution in [2.24, 2.45) is 0 Å². The molecule has 0 aliphatic carbocycles. The predicted octanol–water partition coefficient (Wildman–Crippen LogP) is 2.14. The molecule has 0 spiro atoms. The number of nitrogens with one attached hydrogen (secondary N) is 1. The minimum Gasteiger partial charge on any atom is -0.383 e. The molecule has 0 fully saturated rings. The Morgan fingerprint density at radius 1 is 1.37 bits per heavy atom. The average molecular weight is 286 g/mol. The molecular formula is C12H18N2O4S. The minimum absolute atomic E-state index is 0.0490. The maximum Gasteiger partial charge on any atom is 0.272 e. The van der Waals surface area contributed by atoms with E-state index < -0.39 is 19.5 Å². The highest BCUT2D eigenvalue weighted by Crippen LogP contribution is 2.23. The second kappa shape index (κ2) is 5.16. The van der Waals surface area contributed by atoms with Crippen LogP contribution < -0.4 is 5.32 Å². The molecule has 0 heterocycles. The van der Waals surface area contributed by atoms with Crippen molar-refractivity contribution in [2.45, 2.75) is 25.5 Å². The summed E-state index contributed by atoms with van der Waals surface area (Å²) in [4.78, 5) is 10.2. The second-order valence-electron chi connectivity index (χ2n) is 5.14. The molecule has 6 nitrogen and oxygen atoms in total. The molecule has 0 aliphatic heterocycles. The van der Waals surface area contributed by atoms with Gasteiger partial charge in [0, 0.05) is 30.1 Å². The largest absolute Gasteiger partial charge is 0.383 e. The van der Waals surface area contributed by atoms with E-state index in [1.54, 1.807) is 32.9 Å². The SMILES string of the molecule is Cc1cc(NCC(C)(C)S(C)(=O)=O)ccc1[N+](=O)[O-]. The predicted molar refractivity (Wildman–Crippen MR) is 75.2 cm³/mol. The number of nitro groups is 1. The lowest BCUT2D eigenvalue weighted by Crippen LogP contribution is -2.38. The Bertz CT molecular complexity index is 594. The Hall–Kier alpha value is -1.63. The molecule has 1 rings (SSSR count). The summed E-state index contributed by atoms with van der Waals surface area (Å²) in [6.07, 6.45) is 1.19. The summed E-state index contributed by atoms with van der Waals surface area (Å²) in [5.74, 6) is 0. The molecule has 0 bridgehead atoms. The van der Waals surface area contributed by atoms with E-state index in [2.05, 4.69) is 5.32 Å². The topological polar surface area (TPSA) is 89.3 Å². The van der Waals surface area contributed by atoms with Gasteiger partial charge in [0.2, 0.25) is 0 Å². The molecule has 1 aromatic carbocycles. The van der Waals surface area contributed by atoms with E-state index >= 15 is 0 Å². The van der Waals surface area contributed by atoms with Gasteiger partial charge in [-0.05, 0) is 32.9 Å². The zero-order valence-corrected chi connectivity index (χ0v) is 12.2. The van der Waals surface area contributed by atoms with Crippen molar-refractivity contribution in [2.75, 3.05) is 18.1 Å². The highest BCUT2D eigenvalue weighted by molar-refractivity contribution is 7.92. The molecule has 0 aromatic heterocycles. The van der Waals surface area contributed by atoms with Crippen molar-refractivity contribution in [3.8, 4) is 0 Å². The molecule has 1 aromatic rings. The molecule has 0 saturated heterocycles. The summed E-state index contributed by atoms with van der Waals surface area (Å²) in [6.45, 7) is 5.15. The van der Waals surface area contributed by atoms with Crippen LogP contribution in [0.2, 0.25) is 0 Å². The van der Waals surface area contributed by atoms with Crippen molar-refractivity contribution in [1.29, 1.82) is 0 Å². The van der Waals surface area contributed by atoms with Crippen LogP contribution in [0.25, 0.3) is 0 Å². The maximum atomic E-state index is 11.6. The summed E-state index contributed by atoms with van der Waals surface area (Å²) < 4.78 is 22.2. The number of sulfone groups is 1. The minimum atomic E-state index is -3.17. The van der Waals surface area contributed by atoms with Crippen molar-refractivity contribution in [3.05, 3.63) is 33.9 Å². The maximum absolute atomic E-state index is 11.6. The third-order valence-corrected chi connectivity index (χ3v) is 5.27. The highest BCUT2D eigenvalue weighted by atomic mass is 32.2. The van der Waals surface area contributed by atoms with Crippen LogP contribution in [0.3, 0.4) is 0 Å². The Labute approximate surface area is 112 Å². The van der Waals surface area contributed by atoms with Gasteiger partial charge in [0.05, 0.1) is 9.67 Å². The zero-order chi connectivity index (χ0) is 14.8. The van der Waals surface area contributed by atoms with Crippen LogP contribution in [0.4, 0.5) is 11.4 Å². The number of rotatable bonds is 5. The Morgan fingerprint density at radius 2 is 1.95 bits per heavy atom. The first-order chi connectivity index (χ1) is 8.54. The summed E-state index contributed by atoms with van der Waals surface area (Å²) in [5.41, 5.74) is 1.25. The van der Waals surface area contributed by atoms with Crippen LogP contribution in [0.5, 0.6) is 0 Å². The number of nitro benzene ring substituents is 1. The quantitative estimate of drug-likeness (QED) is 0.661. The normalized spacial score (nSPS) is 12.2. The van der Waals surface area contributed by atoms with E-state index in [9.17, 15) is 18.5 Å². The first-order valence-electron chi connectivity index (χ1n) is 5.73. The van der Waals surface area contributed by atoms with Crippen LogP contribution >= 0.6 is 0 Å². The summed E-state index contributed by atoms with van der Waals surface area (Å²) in [6, 6.07) is 4.62. The molecule has 7 heteroatoms. The first-order valence-corrected chi connectivity index (χ1v) is 7.62. The van der Waals surface area contributed by atoms with Gasteiger partial charge in [-0.15, -0.1) is 0 Å². The monoisotopic (exact) mass is 286 g/mol. The van der Waals surface area contributed by atoms with Gasteiger partial charge in [-0.3, -0.25) is 10.1 Å². The summed E-state index contributed by atoms with van der Waals surface area (Å²) >= 11 is 0. The fourth-order valence-corrected chi connectivity index (χ4v) is 1.75. The fourth-order valence-electron chi connectivity index (χ4n) is 1.42. The number of nitrogens with zero attached hydrogens (tertiary/aromatic N) is 1. The molecule has 0 atom stereocenters. The lowest BCUT2D eigenvalue weighted by molar-refractivity contribution is -0.385.